The molecule has 1 atom stereocenters. The summed E-state index contributed by atoms with van der Waals surface area (Å²) in [7, 11) is 0. The number of nitrogens with zero attached hydrogens (tertiary/aromatic N) is 2. The third-order valence-corrected chi connectivity index (χ3v) is 4.45. The van der Waals surface area contributed by atoms with E-state index < -0.39 is 0 Å². The lowest BCUT2D eigenvalue weighted by molar-refractivity contribution is 0.327. The third-order valence-electron chi connectivity index (χ3n) is 3.48. The highest BCUT2D eigenvalue weighted by atomic mass is 79.9. The van der Waals surface area contributed by atoms with Crippen molar-refractivity contribution in [2.75, 3.05) is 5.33 Å². The van der Waals surface area contributed by atoms with Crippen molar-refractivity contribution in [3.05, 3.63) is 18.0 Å². The molecule has 0 saturated heterocycles. The first-order valence-corrected chi connectivity index (χ1v) is 7.75. The molecule has 2 rings (SSSR count). The molecule has 1 N–H and O–H groups in total. The highest BCUT2D eigenvalue weighted by Crippen LogP contribution is 2.27. The average molecular weight is 300 g/mol. The number of rotatable bonds is 5. The molecule has 1 unspecified atom stereocenters. The molecular weight excluding hydrogens is 278 g/mol. The molecule has 96 valence electrons. The van der Waals surface area contributed by atoms with Gasteiger partial charge in [-0.2, -0.15) is 5.10 Å². The van der Waals surface area contributed by atoms with Crippen LogP contribution in [-0.2, 0) is 6.54 Å². The molecule has 1 fully saturated rings. The van der Waals surface area contributed by atoms with Crippen molar-refractivity contribution in [1.29, 1.82) is 0 Å². The van der Waals surface area contributed by atoms with Crippen molar-refractivity contribution in [3.8, 4) is 0 Å². The van der Waals surface area contributed by atoms with Gasteiger partial charge in [-0.15, -0.1) is 0 Å². The second-order valence-corrected chi connectivity index (χ2v) is 5.66. The van der Waals surface area contributed by atoms with Gasteiger partial charge in [0, 0.05) is 24.1 Å². The Morgan fingerprint density at radius 1 is 1.47 bits per heavy atom. The Hall–Kier alpha value is -0.350. The Labute approximate surface area is 112 Å². The standard InChI is InChI=1S/C13H22BrN3/c1-11(9-14)15-10-12-7-8-17(16-12)13-5-3-2-4-6-13/h7-8,11,13,15H,2-6,9-10H2,1H3. The Kier molecular flexibility index (Phi) is 5.04. The van der Waals surface area contributed by atoms with Crippen molar-refractivity contribution in [2.45, 2.75) is 57.7 Å². The average Bonchev–Trinajstić information content (AvgIpc) is 2.86. The molecule has 1 aromatic rings. The molecule has 1 heterocycles. The van der Waals surface area contributed by atoms with Crippen LogP contribution in [0.3, 0.4) is 0 Å². The van der Waals surface area contributed by atoms with Gasteiger partial charge >= 0.3 is 0 Å². The summed E-state index contributed by atoms with van der Waals surface area (Å²) in [6.07, 6.45) is 8.86. The normalized spacial score (nSPS) is 19.4. The van der Waals surface area contributed by atoms with E-state index >= 15 is 0 Å². The van der Waals surface area contributed by atoms with Gasteiger partial charge in [0.1, 0.15) is 0 Å². The molecule has 1 aliphatic rings. The number of nitrogens with one attached hydrogen (secondary N) is 1. The maximum atomic E-state index is 4.68. The van der Waals surface area contributed by atoms with Gasteiger partial charge in [-0.1, -0.05) is 35.2 Å². The molecule has 1 aliphatic carbocycles. The zero-order chi connectivity index (χ0) is 12.1. The van der Waals surface area contributed by atoms with Crippen molar-refractivity contribution in [3.63, 3.8) is 0 Å². The van der Waals surface area contributed by atoms with E-state index in [9.17, 15) is 0 Å². The predicted molar refractivity (Wildman–Crippen MR) is 74.4 cm³/mol. The molecule has 0 bridgehead atoms. The predicted octanol–water partition coefficient (Wildman–Crippen LogP) is 3.26. The third kappa shape index (κ3) is 3.81. The van der Waals surface area contributed by atoms with Gasteiger partial charge in [-0.05, 0) is 25.8 Å². The van der Waals surface area contributed by atoms with E-state index in [0.717, 1.165) is 17.6 Å². The molecule has 1 saturated carbocycles. The molecule has 17 heavy (non-hydrogen) atoms. The maximum absolute atomic E-state index is 4.68. The summed E-state index contributed by atoms with van der Waals surface area (Å²) in [5, 5.41) is 9.10. The molecule has 0 amide bonds. The molecule has 0 radical (unpaired) electrons. The van der Waals surface area contributed by atoms with E-state index in [1.165, 1.54) is 32.1 Å². The summed E-state index contributed by atoms with van der Waals surface area (Å²) in [5.41, 5.74) is 1.16. The van der Waals surface area contributed by atoms with Gasteiger partial charge in [0.05, 0.1) is 11.7 Å². The summed E-state index contributed by atoms with van der Waals surface area (Å²) in [6, 6.07) is 3.28. The molecule has 3 nitrogen and oxygen atoms in total. The van der Waals surface area contributed by atoms with E-state index in [-0.39, 0.29) is 0 Å². The molecule has 0 spiro atoms. The van der Waals surface area contributed by atoms with Crippen LogP contribution in [0.1, 0.15) is 50.8 Å². The van der Waals surface area contributed by atoms with Crippen LogP contribution in [0.15, 0.2) is 12.3 Å². The first-order valence-electron chi connectivity index (χ1n) is 6.63. The molecule has 4 heteroatoms. The smallest absolute Gasteiger partial charge is 0.0762 e. The SMILES string of the molecule is CC(CBr)NCc1ccn(C2CCCCC2)n1. The Bertz CT molecular complexity index is 331. The highest BCUT2D eigenvalue weighted by molar-refractivity contribution is 9.09. The van der Waals surface area contributed by atoms with Gasteiger partial charge in [-0.25, -0.2) is 0 Å². The number of halogens is 1. The van der Waals surface area contributed by atoms with Crippen LogP contribution in [0.2, 0.25) is 0 Å². The number of alkyl halides is 1. The first-order chi connectivity index (χ1) is 8.29. The Morgan fingerprint density at radius 2 is 2.24 bits per heavy atom. The van der Waals surface area contributed by atoms with Gasteiger partial charge in [0.15, 0.2) is 0 Å². The second-order valence-electron chi connectivity index (χ2n) is 5.02. The van der Waals surface area contributed by atoms with Gasteiger partial charge in [-0.3, -0.25) is 4.68 Å². The fraction of sp³-hybridized carbons (Fsp3) is 0.769. The van der Waals surface area contributed by atoms with Crippen LogP contribution in [0.5, 0.6) is 0 Å². The van der Waals surface area contributed by atoms with Crippen molar-refractivity contribution < 1.29 is 0 Å². The lowest BCUT2D eigenvalue weighted by Gasteiger charge is -2.21. The summed E-state index contributed by atoms with van der Waals surface area (Å²) in [4.78, 5) is 0. The zero-order valence-corrected chi connectivity index (χ0v) is 12.1. The van der Waals surface area contributed by atoms with Crippen LogP contribution in [0.4, 0.5) is 0 Å². The number of hydrogen-bond acceptors (Lipinski definition) is 2. The lowest BCUT2D eigenvalue weighted by Crippen LogP contribution is -2.27. The number of aromatic nitrogens is 2. The monoisotopic (exact) mass is 299 g/mol. The fourth-order valence-electron chi connectivity index (χ4n) is 2.35. The van der Waals surface area contributed by atoms with Crippen molar-refractivity contribution in [1.82, 2.24) is 15.1 Å². The van der Waals surface area contributed by atoms with E-state index in [1.807, 2.05) is 0 Å². The van der Waals surface area contributed by atoms with Crippen LogP contribution in [-0.4, -0.2) is 21.2 Å². The summed E-state index contributed by atoms with van der Waals surface area (Å²) in [5.74, 6) is 0. The largest absolute Gasteiger partial charge is 0.308 e. The van der Waals surface area contributed by atoms with Gasteiger partial charge in [0.2, 0.25) is 0 Å². The van der Waals surface area contributed by atoms with Crippen molar-refractivity contribution >= 4 is 15.9 Å². The minimum atomic E-state index is 0.495. The highest BCUT2D eigenvalue weighted by Gasteiger charge is 2.15. The van der Waals surface area contributed by atoms with Crippen LogP contribution in [0, 0.1) is 0 Å². The summed E-state index contributed by atoms with van der Waals surface area (Å²) < 4.78 is 2.18. The van der Waals surface area contributed by atoms with Crippen LogP contribution < -0.4 is 5.32 Å². The first kappa shape index (κ1) is 13.1. The second kappa shape index (κ2) is 6.55. The zero-order valence-electron chi connectivity index (χ0n) is 10.5. The molecule has 0 aromatic carbocycles. The number of hydrogen-bond donors (Lipinski definition) is 1. The molecular formula is C13H22BrN3. The molecule has 1 aromatic heterocycles. The Balaban J connectivity index is 1.86. The van der Waals surface area contributed by atoms with Gasteiger partial charge in [0.25, 0.3) is 0 Å². The maximum Gasteiger partial charge on any atom is 0.0762 e. The van der Waals surface area contributed by atoms with E-state index in [4.69, 9.17) is 0 Å². The fourth-order valence-corrected chi connectivity index (χ4v) is 2.58. The topological polar surface area (TPSA) is 29.9 Å². The molecule has 0 aliphatic heterocycles. The minimum absolute atomic E-state index is 0.495. The van der Waals surface area contributed by atoms with Crippen molar-refractivity contribution in [2.24, 2.45) is 0 Å². The minimum Gasteiger partial charge on any atom is -0.308 e. The summed E-state index contributed by atoms with van der Waals surface area (Å²) in [6.45, 7) is 3.04. The van der Waals surface area contributed by atoms with Crippen LogP contribution in [0.25, 0.3) is 0 Å². The van der Waals surface area contributed by atoms with E-state index in [1.54, 1.807) is 0 Å². The Morgan fingerprint density at radius 3 is 2.94 bits per heavy atom. The lowest BCUT2D eigenvalue weighted by atomic mass is 9.96. The van der Waals surface area contributed by atoms with E-state index in [0.29, 0.717) is 12.1 Å². The van der Waals surface area contributed by atoms with E-state index in [2.05, 4.69) is 50.2 Å². The van der Waals surface area contributed by atoms with Gasteiger partial charge < -0.3 is 5.32 Å². The summed E-state index contributed by atoms with van der Waals surface area (Å²) >= 11 is 3.47. The van der Waals surface area contributed by atoms with Crippen LogP contribution >= 0.6 is 15.9 Å². The quantitative estimate of drug-likeness (QED) is 0.846.